The molecule has 0 unspecified atom stereocenters. The minimum atomic E-state index is -0.245. The largest absolute Gasteiger partial charge is 0.345 e. The minimum absolute atomic E-state index is 0.0134. The van der Waals surface area contributed by atoms with Gasteiger partial charge >= 0.3 is 5.69 Å². The van der Waals surface area contributed by atoms with Gasteiger partial charge in [0.2, 0.25) is 5.91 Å². The minimum Gasteiger partial charge on any atom is -0.341 e. The lowest BCUT2D eigenvalue weighted by Crippen LogP contribution is -2.39. The van der Waals surface area contributed by atoms with Gasteiger partial charge in [-0.05, 0) is 19.3 Å². The summed E-state index contributed by atoms with van der Waals surface area (Å²) in [5.41, 5.74) is -0.245. The lowest BCUT2D eigenvalue weighted by atomic mass is 10.1. The average molecular weight is 224 g/mol. The van der Waals surface area contributed by atoms with Gasteiger partial charge in [-0.1, -0.05) is 0 Å². The third-order valence-corrected chi connectivity index (χ3v) is 2.88. The molecule has 0 bridgehead atoms. The van der Waals surface area contributed by atoms with Gasteiger partial charge in [-0.2, -0.15) is 5.10 Å². The SMILES string of the molecule is Cn1cnn(CC(=O)N2CCCCC2)c1=O. The van der Waals surface area contributed by atoms with Crippen LogP contribution in [0.25, 0.3) is 0 Å². The zero-order chi connectivity index (χ0) is 11.5. The number of aryl methyl sites for hydroxylation is 1. The first kappa shape index (κ1) is 10.9. The normalized spacial score (nSPS) is 16.4. The summed E-state index contributed by atoms with van der Waals surface area (Å²) in [4.78, 5) is 25.1. The molecule has 1 saturated heterocycles. The van der Waals surface area contributed by atoms with Gasteiger partial charge in [0, 0.05) is 20.1 Å². The number of carbonyl (C=O) groups excluding carboxylic acids is 1. The third-order valence-electron chi connectivity index (χ3n) is 2.88. The molecule has 88 valence electrons. The van der Waals surface area contributed by atoms with Crippen molar-refractivity contribution in [1.29, 1.82) is 0 Å². The highest BCUT2D eigenvalue weighted by atomic mass is 16.2. The van der Waals surface area contributed by atoms with E-state index in [0.29, 0.717) is 0 Å². The van der Waals surface area contributed by atoms with Gasteiger partial charge in [0.15, 0.2) is 0 Å². The maximum Gasteiger partial charge on any atom is 0.345 e. The van der Waals surface area contributed by atoms with Crippen molar-refractivity contribution in [1.82, 2.24) is 19.2 Å². The number of piperidine rings is 1. The highest BCUT2D eigenvalue weighted by Gasteiger charge is 2.17. The number of likely N-dealkylation sites (tertiary alicyclic amines) is 1. The van der Waals surface area contributed by atoms with E-state index in [2.05, 4.69) is 5.10 Å². The molecule has 0 saturated carbocycles. The first-order chi connectivity index (χ1) is 7.68. The summed E-state index contributed by atoms with van der Waals surface area (Å²) in [5.74, 6) is -0.0134. The predicted molar refractivity (Wildman–Crippen MR) is 57.9 cm³/mol. The number of hydrogen-bond acceptors (Lipinski definition) is 3. The predicted octanol–water partition coefficient (Wildman–Crippen LogP) is -0.406. The van der Waals surface area contributed by atoms with E-state index in [1.54, 1.807) is 7.05 Å². The molecule has 6 heteroatoms. The highest BCUT2D eigenvalue weighted by molar-refractivity contribution is 5.75. The van der Waals surface area contributed by atoms with Gasteiger partial charge in [0.05, 0.1) is 0 Å². The Balaban J connectivity index is 2.01. The van der Waals surface area contributed by atoms with E-state index in [-0.39, 0.29) is 18.1 Å². The Morgan fingerprint density at radius 2 is 2.06 bits per heavy atom. The molecule has 1 aromatic heterocycles. The van der Waals surface area contributed by atoms with E-state index in [9.17, 15) is 9.59 Å². The molecular formula is C10H16N4O2. The molecular weight excluding hydrogens is 208 g/mol. The Labute approximate surface area is 93.5 Å². The van der Waals surface area contributed by atoms with Crippen LogP contribution in [0, 0.1) is 0 Å². The summed E-state index contributed by atoms with van der Waals surface area (Å²) in [6.45, 7) is 1.67. The third kappa shape index (κ3) is 2.15. The Kier molecular flexibility index (Phi) is 3.07. The molecule has 0 N–H and O–H groups in total. The van der Waals surface area contributed by atoms with E-state index in [0.717, 1.165) is 25.9 Å². The van der Waals surface area contributed by atoms with Gasteiger partial charge in [0.25, 0.3) is 0 Å². The molecule has 6 nitrogen and oxygen atoms in total. The van der Waals surface area contributed by atoms with Crippen molar-refractivity contribution in [3.63, 3.8) is 0 Å². The molecule has 0 spiro atoms. The standard InChI is InChI=1S/C10H16N4O2/c1-12-8-11-14(10(12)16)7-9(15)13-5-3-2-4-6-13/h8H,2-7H2,1H3. The van der Waals surface area contributed by atoms with Crippen LogP contribution < -0.4 is 5.69 Å². The number of amides is 1. The summed E-state index contributed by atoms with van der Waals surface area (Å²) in [7, 11) is 1.62. The number of aromatic nitrogens is 3. The quantitative estimate of drug-likeness (QED) is 0.686. The molecule has 16 heavy (non-hydrogen) atoms. The molecule has 1 amide bonds. The van der Waals surface area contributed by atoms with E-state index < -0.39 is 0 Å². The van der Waals surface area contributed by atoms with Crippen LogP contribution in [0.4, 0.5) is 0 Å². The lowest BCUT2D eigenvalue weighted by molar-refractivity contribution is -0.133. The molecule has 0 atom stereocenters. The molecule has 1 aliphatic heterocycles. The van der Waals surface area contributed by atoms with Gasteiger partial charge in [-0.25, -0.2) is 9.48 Å². The molecule has 2 rings (SSSR count). The number of carbonyl (C=O) groups is 1. The van der Waals surface area contributed by atoms with Crippen molar-refractivity contribution in [2.75, 3.05) is 13.1 Å². The summed E-state index contributed by atoms with van der Waals surface area (Å²) in [5, 5.41) is 3.87. The van der Waals surface area contributed by atoms with Crippen molar-refractivity contribution in [2.24, 2.45) is 7.05 Å². The van der Waals surface area contributed by atoms with Gasteiger partial charge < -0.3 is 4.90 Å². The Hall–Kier alpha value is -1.59. The second kappa shape index (κ2) is 4.51. The Bertz CT molecular complexity index is 428. The van der Waals surface area contributed by atoms with Crippen LogP contribution in [0.3, 0.4) is 0 Å². The van der Waals surface area contributed by atoms with Crippen LogP contribution in [-0.2, 0) is 18.4 Å². The highest BCUT2D eigenvalue weighted by Crippen LogP contribution is 2.08. The van der Waals surface area contributed by atoms with Crippen molar-refractivity contribution in [3.05, 3.63) is 16.8 Å². The van der Waals surface area contributed by atoms with Crippen molar-refractivity contribution < 1.29 is 4.79 Å². The number of hydrogen-bond donors (Lipinski definition) is 0. The Morgan fingerprint density at radius 3 is 2.62 bits per heavy atom. The van der Waals surface area contributed by atoms with Crippen LogP contribution in [0.1, 0.15) is 19.3 Å². The van der Waals surface area contributed by atoms with Crippen LogP contribution in [0.2, 0.25) is 0 Å². The van der Waals surface area contributed by atoms with Crippen LogP contribution in [-0.4, -0.2) is 38.2 Å². The maximum atomic E-state index is 11.8. The van der Waals surface area contributed by atoms with Gasteiger partial charge in [-0.3, -0.25) is 9.36 Å². The van der Waals surface area contributed by atoms with E-state index in [1.165, 1.54) is 22.0 Å². The molecule has 0 aliphatic carbocycles. The summed E-state index contributed by atoms with van der Waals surface area (Å²) in [6.07, 6.45) is 4.73. The topological polar surface area (TPSA) is 60.1 Å². The number of rotatable bonds is 2. The van der Waals surface area contributed by atoms with Crippen LogP contribution in [0.15, 0.2) is 11.1 Å². The second-order valence-corrected chi connectivity index (χ2v) is 4.12. The summed E-state index contributed by atoms with van der Waals surface area (Å²) in [6, 6.07) is 0. The van der Waals surface area contributed by atoms with Crippen molar-refractivity contribution >= 4 is 5.91 Å². The average Bonchev–Trinajstić information content (AvgIpc) is 2.62. The van der Waals surface area contributed by atoms with Crippen molar-refractivity contribution in [3.8, 4) is 0 Å². The van der Waals surface area contributed by atoms with E-state index in [4.69, 9.17) is 0 Å². The fourth-order valence-electron chi connectivity index (χ4n) is 1.90. The van der Waals surface area contributed by atoms with Crippen LogP contribution >= 0.6 is 0 Å². The first-order valence-corrected chi connectivity index (χ1v) is 5.54. The fraction of sp³-hybridized carbons (Fsp3) is 0.700. The lowest BCUT2D eigenvalue weighted by Gasteiger charge is -2.26. The maximum absolute atomic E-state index is 11.8. The molecule has 0 radical (unpaired) electrons. The zero-order valence-electron chi connectivity index (χ0n) is 9.43. The van der Waals surface area contributed by atoms with Crippen molar-refractivity contribution in [2.45, 2.75) is 25.8 Å². The molecule has 0 aromatic carbocycles. The Morgan fingerprint density at radius 1 is 1.38 bits per heavy atom. The van der Waals surface area contributed by atoms with Gasteiger partial charge in [-0.15, -0.1) is 0 Å². The summed E-state index contributed by atoms with van der Waals surface area (Å²) < 4.78 is 2.57. The second-order valence-electron chi connectivity index (χ2n) is 4.12. The van der Waals surface area contributed by atoms with Gasteiger partial charge in [0.1, 0.15) is 12.9 Å². The van der Waals surface area contributed by atoms with Crippen LogP contribution in [0.5, 0.6) is 0 Å². The monoisotopic (exact) mass is 224 g/mol. The van der Waals surface area contributed by atoms with E-state index >= 15 is 0 Å². The smallest absolute Gasteiger partial charge is 0.341 e. The molecule has 1 fully saturated rings. The summed E-state index contributed by atoms with van der Waals surface area (Å²) >= 11 is 0. The molecule has 1 aliphatic rings. The van der Waals surface area contributed by atoms with E-state index in [1.807, 2.05) is 4.90 Å². The fourth-order valence-corrected chi connectivity index (χ4v) is 1.90. The molecule has 2 heterocycles. The number of nitrogens with zero attached hydrogens (tertiary/aromatic N) is 4. The zero-order valence-corrected chi connectivity index (χ0v) is 9.43. The first-order valence-electron chi connectivity index (χ1n) is 5.54. The molecule has 1 aromatic rings.